The van der Waals surface area contributed by atoms with Crippen molar-refractivity contribution in [1.29, 1.82) is 0 Å². The van der Waals surface area contributed by atoms with E-state index in [4.69, 9.17) is 10.5 Å². The monoisotopic (exact) mass is 303 g/mol. The van der Waals surface area contributed by atoms with Crippen LogP contribution < -0.4 is 10.5 Å². The first-order valence-corrected chi connectivity index (χ1v) is 6.88. The fourth-order valence-electron chi connectivity index (χ4n) is 1.26. The van der Waals surface area contributed by atoms with Gasteiger partial charge >= 0.3 is 0 Å². The third-order valence-corrected chi connectivity index (χ3v) is 5.01. The summed E-state index contributed by atoms with van der Waals surface area (Å²) in [6, 6.07) is 3.94. The van der Waals surface area contributed by atoms with E-state index in [-0.39, 0.29) is 6.04 Å². The Bertz CT molecular complexity index is 452. The molecule has 0 spiro atoms. The molecule has 0 amide bonds. The van der Waals surface area contributed by atoms with Crippen LogP contribution in [0.15, 0.2) is 27.4 Å². The van der Waals surface area contributed by atoms with Crippen LogP contribution in [0.1, 0.15) is 15.8 Å². The highest BCUT2D eigenvalue weighted by Gasteiger charge is 2.15. The molecule has 0 aromatic carbocycles. The van der Waals surface area contributed by atoms with Crippen molar-refractivity contribution >= 4 is 38.6 Å². The van der Waals surface area contributed by atoms with Gasteiger partial charge < -0.3 is 10.5 Å². The number of nitrogens with two attached hydrogens (primary N) is 1. The van der Waals surface area contributed by atoms with Gasteiger partial charge in [-0.05, 0) is 33.4 Å². The number of ether oxygens (including phenoxy) is 1. The van der Waals surface area contributed by atoms with Gasteiger partial charge in [0.25, 0.3) is 0 Å². The minimum atomic E-state index is -0.0618. The second kappa shape index (κ2) is 4.65. The van der Waals surface area contributed by atoms with Crippen molar-refractivity contribution in [2.45, 2.75) is 6.04 Å². The average molecular weight is 304 g/mol. The van der Waals surface area contributed by atoms with Gasteiger partial charge in [0, 0.05) is 19.6 Å². The van der Waals surface area contributed by atoms with Crippen molar-refractivity contribution < 1.29 is 4.74 Å². The summed E-state index contributed by atoms with van der Waals surface area (Å²) in [6.07, 6.45) is 0. The SMILES string of the molecule is COc1csc(C(N)c2sccc2Br)c1. The highest BCUT2D eigenvalue weighted by molar-refractivity contribution is 9.10. The van der Waals surface area contributed by atoms with E-state index in [1.165, 1.54) is 0 Å². The van der Waals surface area contributed by atoms with E-state index in [2.05, 4.69) is 15.9 Å². The van der Waals surface area contributed by atoms with Crippen molar-refractivity contribution in [3.8, 4) is 5.75 Å². The average Bonchev–Trinajstić information content (AvgIpc) is 2.84. The lowest BCUT2D eigenvalue weighted by Gasteiger charge is -2.07. The molecular formula is C10H10BrNOS2. The minimum absolute atomic E-state index is 0.0618. The molecular weight excluding hydrogens is 294 g/mol. The zero-order valence-electron chi connectivity index (χ0n) is 8.07. The van der Waals surface area contributed by atoms with Crippen molar-refractivity contribution in [3.63, 3.8) is 0 Å². The molecule has 2 rings (SSSR count). The van der Waals surface area contributed by atoms with Crippen LogP contribution in [0.4, 0.5) is 0 Å². The Morgan fingerprint density at radius 1 is 1.47 bits per heavy atom. The molecule has 2 heterocycles. The number of hydrogen-bond donors (Lipinski definition) is 1. The summed E-state index contributed by atoms with van der Waals surface area (Å²) >= 11 is 6.78. The molecule has 0 saturated carbocycles. The van der Waals surface area contributed by atoms with Crippen LogP contribution in [-0.2, 0) is 0 Å². The van der Waals surface area contributed by atoms with Gasteiger partial charge in [-0.1, -0.05) is 0 Å². The second-order valence-electron chi connectivity index (χ2n) is 3.00. The number of thiophene rings is 2. The summed E-state index contributed by atoms with van der Waals surface area (Å²) in [4.78, 5) is 2.27. The van der Waals surface area contributed by atoms with Gasteiger partial charge in [-0.2, -0.15) is 0 Å². The van der Waals surface area contributed by atoms with Crippen LogP contribution >= 0.6 is 38.6 Å². The minimum Gasteiger partial charge on any atom is -0.496 e. The Hall–Kier alpha value is -0.360. The molecule has 15 heavy (non-hydrogen) atoms. The molecule has 0 bridgehead atoms. The number of rotatable bonds is 3. The predicted octanol–water partition coefficient (Wildman–Crippen LogP) is 3.63. The van der Waals surface area contributed by atoms with Crippen LogP contribution in [0.25, 0.3) is 0 Å². The molecule has 0 aliphatic heterocycles. The lowest BCUT2D eigenvalue weighted by Crippen LogP contribution is -2.08. The summed E-state index contributed by atoms with van der Waals surface area (Å²) in [5, 5.41) is 4.00. The Balaban J connectivity index is 2.28. The molecule has 0 saturated heterocycles. The van der Waals surface area contributed by atoms with E-state index < -0.39 is 0 Å². The second-order valence-corrected chi connectivity index (χ2v) is 5.74. The van der Waals surface area contributed by atoms with E-state index >= 15 is 0 Å². The Kier molecular flexibility index (Phi) is 3.45. The Labute approximate surface area is 105 Å². The molecule has 2 aromatic rings. The van der Waals surface area contributed by atoms with Crippen molar-refractivity contribution in [1.82, 2.24) is 0 Å². The summed E-state index contributed by atoms with van der Waals surface area (Å²) < 4.78 is 6.22. The lowest BCUT2D eigenvalue weighted by molar-refractivity contribution is 0.416. The highest BCUT2D eigenvalue weighted by Crippen LogP contribution is 2.35. The molecule has 1 atom stereocenters. The van der Waals surface area contributed by atoms with E-state index in [1.807, 2.05) is 22.9 Å². The van der Waals surface area contributed by atoms with Crippen LogP contribution in [-0.4, -0.2) is 7.11 Å². The first-order valence-electron chi connectivity index (χ1n) is 4.33. The molecule has 2 N–H and O–H groups in total. The van der Waals surface area contributed by atoms with Crippen LogP contribution in [0.2, 0.25) is 0 Å². The predicted molar refractivity (Wildman–Crippen MR) is 68.9 cm³/mol. The molecule has 2 aromatic heterocycles. The Morgan fingerprint density at radius 2 is 2.27 bits per heavy atom. The molecule has 2 nitrogen and oxygen atoms in total. The quantitative estimate of drug-likeness (QED) is 0.940. The zero-order chi connectivity index (χ0) is 10.8. The summed E-state index contributed by atoms with van der Waals surface area (Å²) in [6.45, 7) is 0. The van der Waals surface area contributed by atoms with Crippen molar-refractivity contribution in [3.05, 3.63) is 37.1 Å². The summed E-state index contributed by atoms with van der Waals surface area (Å²) in [7, 11) is 1.67. The summed E-state index contributed by atoms with van der Waals surface area (Å²) in [5.74, 6) is 0.873. The smallest absolute Gasteiger partial charge is 0.129 e. The standard InChI is InChI=1S/C10H10BrNOS2/c1-13-6-4-8(15-5-6)9(12)10-7(11)2-3-14-10/h2-5,9H,12H2,1H3. The van der Waals surface area contributed by atoms with E-state index in [1.54, 1.807) is 29.8 Å². The van der Waals surface area contributed by atoms with Crippen LogP contribution in [0, 0.1) is 0 Å². The molecule has 0 fully saturated rings. The zero-order valence-corrected chi connectivity index (χ0v) is 11.3. The van der Waals surface area contributed by atoms with Gasteiger partial charge in [-0.25, -0.2) is 0 Å². The molecule has 5 heteroatoms. The first kappa shape index (κ1) is 11.1. The van der Waals surface area contributed by atoms with E-state index in [0.29, 0.717) is 0 Å². The molecule has 0 aliphatic rings. The molecule has 1 unspecified atom stereocenters. The number of halogens is 1. The molecule has 0 aliphatic carbocycles. The number of hydrogen-bond acceptors (Lipinski definition) is 4. The summed E-state index contributed by atoms with van der Waals surface area (Å²) in [5.41, 5.74) is 6.16. The van der Waals surface area contributed by atoms with E-state index in [0.717, 1.165) is 20.0 Å². The molecule has 80 valence electrons. The third-order valence-electron chi connectivity index (χ3n) is 2.07. The third kappa shape index (κ3) is 2.25. The van der Waals surface area contributed by atoms with E-state index in [9.17, 15) is 0 Å². The van der Waals surface area contributed by atoms with Gasteiger partial charge in [-0.3, -0.25) is 0 Å². The maximum absolute atomic E-state index is 6.16. The fraction of sp³-hybridized carbons (Fsp3) is 0.200. The highest BCUT2D eigenvalue weighted by atomic mass is 79.9. The van der Waals surface area contributed by atoms with Gasteiger partial charge in [0.05, 0.1) is 13.2 Å². The topological polar surface area (TPSA) is 35.2 Å². The van der Waals surface area contributed by atoms with Crippen molar-refractivity contribution in [2.75, 3.05) is 7.11 Å². The lowest BCUT2D eigenvalue weighted by atomic mass is 10.2. The normalized spacial score (nSPS) is 12.7. The van der Waals surface area contributed by atoms with Gasteiger partial charge in [0.1, 0.15) is 5.75 Å². The molecule has 0 radical (unpaired) electrons. The number of methoxy groups -OCH3 is 1. The van der Waals surface area contributed by atoms with Crippen LogP contribution in [0.3, 0.4) is 0 Å². The van der Waals surface area contributed by atoms with Crippen molar-refractivity contribution in [2.24, 2.45) is 5.73 Å². The van der Waals surface area contributed by atoms with Gasteiger partial charge in [0.15, 0.2) is 0 Å². The maximum atomic E-state index is 6.16. The van der Waals surface area contributed by atoms with Gasteiger partial charge in [0.2, 0.25) is 0 Å². The Morgan fingerprint density at radius 3 is 2.80 bits per heavy atom. The fourth-order valence-corrected chi connectivity index (χ4v) is 3.84. The van der Waals surface area contributed by atoms with Gasteiger partial charge in [-0.15, -0.1) is 22.7 Å². The maximum Gasteiger partial charge on any atom is 0.129 e. The largest absolute Gasteiger partial charge is 0.496 e. The first-order chi connectivity index (χ1) is 7.22. The van der Waals surface area contributed by atoms with Crippen LogP contribution in [0.5, 0.6) is 5.75 Å².